The molecule has 2 fully saturated rings. The molecule has 0 radical (unpaired) electrons. The zero-order chi connectivity index (χ0) is 17.9. The highest BCUT2D eigenvalue weighted by Crippen LogP contribution is 2.41. The maximum absolute atomic E-state index is 12.2. The van der Waals surface area contributed by atoms with Crippen molar-refractivity contribution < 1.29 is 19.4 Å². The van der Waals surface area contributed by atoms with Crippen LogP contribution in [-0.4, -0.2) is 54.9 Å². The van der Waals surface area contributed by atoms with Gasteiger partial charge in [0, 0.05) is 32.2 Å². The number of rotatable bonds is 5. The van der Waals surface area contributed by atoms with Crippen molar-refractivity contribution in [3.05, 3.63) is 29.8 Å². The van der Waals surface area contributed by atoms with Crippen LogP contribution in [0.2, 0.25) is 0 Å². The van der Waals surface area contributed by atoms with Gasteiger partial charge in [0.05, 0.1) is 7.11 Å². The molecule has 0 aromatic heterocycles. The molecule has 3 rings (SSSR count). The normalized spacial score (nSPS) is 28.6. The number of ether oxygens (including phenoxy) is 2. The van der Waals surface area contributed by atoms with Crippen LogP contribution in [0.1, 0.15) is 50.0 Å². The van der Waals surface area contributed by atoms with Crippen LogP contribution in [0.5, 0.6) is 5.75 Å². The van der Waals surface area contributed by atoms with Crippen molar-refractivity contribution in [3.8, 4) is 5.75 Å². The summed E-state index contributed by atoms with van der Waals surface area (Å²) in [5.41, 5.74) is -0.179. The molecule has 1 heterocycles. The Kier molecular flexibility index (Phi) is 5.64. The fraction of sp³-hybridized carbons (Fsp3) is 0.650. The van der Waals surface area contributed by atoms with Gasteiger partial charge in [0.15, 0.2) is 5.60 Å². The highest BCUT2D eigenvalue weighted by molar-refractivity contribution is 5.80. The molecular weight excluding hydrogens is 318 g/mol. The summed E-state index contributed by atoms with van der Waals surface area (Å²) in [4.78, 5) is 14.5. The van der Waals surface area contributed by atoms with Gasteiger partial charge in [-0.3, -0.25) is 4.90 Å². The minimum atomic E-state index is -1.18. The molecule has 1 saturated heterocycles. The van der Waals surface area contributed by atoms with Crippen molar-refractivity contribution in [2.45, 2.75) is 56.1 Å². The van der Waals surface area contributed by atoms with E-state index in [4.69, 9.17) is 9.47 Å². The van der Waals surface area contributed by atoms with Crippen LogP contribution < -0.4 is 4.74 Å². The molecule has 5 nitrogen and oxygen atoms in total. The molecular formula is C20H29NO4. The maximum Gasteiger partial charge on any atom is 0.338 e. The van der Waals surface area contributed by atoms with Crippen molar-refractivity contribution in [1.82, 2.24) is 4.90 Å². The zero-order valence-electron chi connectivity index (χ0n) is 15.2. The van der Waals surface area contributed by atoms with Crippen LogP contribution in [0.15, 0.2) is 24.3 Å². The highest BCUT2D eigenvalue weighted by atomic mass is 16.5. The Hall–Kier alpha value is -1.59. The molecule has 5 heteroatoms. The molecule has 0 amide bonds. The average Bonchev–Trinajstić information content (AvgIpc) is 2.83. The predicted molar refractivity (Wildman–Crippen MR) is 96.2 cm³/mol. The summed E-state index contributed by atoms with van der Waals surface area (Å²) in [7, 11) is 3.16. The molecule has 1 saturated carbocycles. The van der Waals surface area contributed by atoms with E-state index in [1.165, 1.54) is 32.8 Å². The smallest absolute Gasteiger partial charge is 0.338 e. The molecule has 1 N–H and O–H groups in total. The minimum Gasteiger partial charge on any atom is -0.497 e. The van der Waals surface area contributed by atoms with E-state index in [9.17, 15) is 9.90 Å². The van der Waals surface area contributed by atoms with Crippen molar-refractivity contribution >= 4 is 5.97 Å². The fourth-order valence-electron chi connectivity index (χ4n) is 4.48. The second-order valence-corrected chi connectivity index (χ2v) is 7.30. The number of benzene rings is 1. The van der Waals surface area contributed by atoms with E-state index in [1.807, 2.05) is 24.3 Å². The number of carboxylic acid groups (broad SMARTS) is 1. The monoisotopic (exact) mass is 347 g/mol. The van der Waals surface area contributed by atoms with Gasteiger partial charge in [-0.2, -0.15) is 0 Å². The Morgan fingerprint density at radius 3 is 2.28 bits per heavy atom. The Labute approximate surface area is 149 Å². The van der Waals surface area contributed by atoms with Crippen LogP contribution >= 0.6 is 0 Å². The predicted octanol–water partition coefficient (Wildman–Crippen LogP) is 3.29. The standard InChI is InChI=1S/C20H29NO4/c1-24-17-11-9-15(10-12-17)18-13-21(14-20(18,25-2)19(22)23)16-7-5-3-4-6-8-16/h9-12,16,18H,3-8,13-14H2,1-2H3,(H,22,23)/t18-,20-/m0/s1. The Balaban J connectivity index is 1.88. The van der Waals surface area contributed by atoms with Crippen LogP contribution in [0, 0.1) is 0 Å². The second kappa shape index (κ2) is 7.75. The summed E-state index contributed by atoms with van der Waals surface area (Å²) in [5.74, 6) is -0.267. The molecule has 2 atom stereocenters. The molecule has 0 bridgehead atoms. The number of hydrogen-bond donors (Lipinski definition) is 1. The van der Waals surface area contributed by atoms with E-state index >= 15 is 0 Å². The van der Waals surface area contributed by atoms with Gasteiger partial charge in [0.25, 0.3) is 0 Å². The number of carbonyl (C=O) groups is 1. The van der Waals surface area contributed by atoms with Crippen molar-refractivity contribution in [3.63, 3.8) is 0 Å². The van der Waals surface area contributed by atoms with Crippen LogP contribution in [0.25, 0.3) is 0 Å². The lowest BCUT2D eigenvalue weighted by molar-refractivity contribution is -0.162. The summed E-state index contributed by atoms with van der Waals surface area (Å²) in [6.45, 7) is 1.19. The summed E-state index contributed by atoms with van der Waals surface area (Å²) in [5, 5.41) is 9.99. The minimum absolute atomic E-state index is 0.177. The number of methoxy groups -OCH3 is 2. The topological polar surface area (TPSA) is 59.0 Å². The van der Waals surface area contributed by atoms with E-state index in [0.29, 0.717) is 12.6 Å². The van der Waals surface area contributed by atoms with E-state index in [2.05, 4.69) is 4.90 Å². The van der Waals surface area contributed by atoms with Crippen molar-refractivity contribution in [2.75, 3.05) is 27.3 Å². The molecule has 25 heavy (non-hydrogen) atoms. The molecule has 1 aromatic carbocycles. The van der Waals surface area contributed by atoms with Gasteiger partial charge in [-0.15, -0.1) is 0 Å². The average molecular weight is 347 g/mol. The summed E-state index contributed by atoms with van der Waals surface area (Å²) < 4.78 is 10.9. The van der Waals surface area contributed by atoms with Gasteiger partial charge in [-0.1, -0.05) is 37.8 Å². The summed E-state index contributed by atoms with van der Waals surface area (Å²) >= 11 is 0. The first-order valence-corrected chi connectivity index (χ1v) is 9.27. The van der Waals surface area contributed by atoms with Crippen molar-refractivity contribution in [1.29, 1.82) is 0 Å². The molecule has 1 aromatic rings. The van der Waals surface area contributed by atoms with Gasteiger partial charge in [0.1, 0.15) is 5.75 Å². The molecule has 1 aliphatic heterocycles. The number of likely N-dealkylation sites (tertiary alicyclic amines) is 1. The molecule has 1 aliphatic carbocycles. The van der Waals surface area contributed by atoms with E-state index in [-0.39, 0.29) is 5.92 Å². The van der Waals surface area contributed by atoms with Crippen LogP contribution in [0.4, 0.5) is 0 Å². The van der Waals surface area contributed by atoms with Gasteiger partial charge in [-0.05, 0) is 30.5 Å². The van der Waals surface area contributed by atoms with Crippen LogP contribution in [-0.2, 0) is 9.53 Å². The second-order valence-electron chi connectivity index (χ2n) is 7.30. The lowest BCUT2D eigenvalue weighted by Crippen LogP contribution is -2.48. The van der Waals surface area contributed by atoms with Crippen LogP contribution in [0.3, 0.4) is 0 Å². The van der Waals surface area contributed by atoms with E-state index in [1.54, 1.807) is 7.11 Å². The first-order valence-electron chi connectivity index (χ1n) is 9.27. The molecule has 0 spiro atoms. The largest absolute Gasteiger partial charge is 0.497 e. The Bertz CT molecular complexity index is 580. The van der Waals surface area contributed by atoms with E-state index in [0.717, 1.165) is 30.7 Å². The SMILES string of the molecule is COc1ccc([C@@H]2CN(C3CCCCCC3)C[C@@]2(OC)C(=O)O)cc1. The number of hydrogen-bond acceptors (Lipinski definition) is 4. The summed E-state index contributed by atoms with van der Waals surface area (Å²) in [6, 6.07) is 8.20. The van der Waals surface area contributed by atoms with Gasteiger partial charge >= 0.3 is 5.97 Å². The molecule has 138 valence electrons. The number of nitrogens with zero attached hydrogens (tertiary/aromatic N) is 1. The maximum atomic E-state index is 12.2. The highest BCUT2D eigenvalue weighted by Gasteiger charge is 2.54. The first kappa shape index (κ1) is 18.2. The van der Waals surface area contributed by atoms with Gasteiger partial charge < -0.3 is 14.6 Å². The lowest BCUT2D eigenvalue weighted by Gasteiger charge is -2.30. The zero-order valence-corrected chi connectivity index (χ0v) is 15.2. The molecule has 0 unspecified atom stereocenters. The van der Waals surface area contributed by atoms with Gasteiger partial charge in [-0.25, -0.2) is 4.79 Å². The first-order chi connectivity index (χ1) is 12.1. The number of carboxylic acids is 1. The third kappa shape index (κ3) is 3.53. The quantitative estimate of drug-likeness (QED) is 0.828. The summed E-state index contributed by atoms with van der Waals surface area (Å²) in [6.07, 6.45) is 7.38. The fourth-order valence-corrected chi connectivity index (χ4v) is 4.48. The van der Waals surface area contributed by atoms with Crippen molar-refractivity contribution in [2.24, 2.45) is 0 Å². The number of aliphatic carboxylic acids is 1. The van der Waals surface area contributed by atoms with Gasteiger partial charge in [0.2, 0.25) is 0 Å². The Morgan fingerprint density at radius 1 is 1.12 bits per heavy atom. The third-order valence-electron chi connectivity index (χ3n) is 6.00. The van der Waals surface area contributed by atoms with E-state index < -0.39 is 11.6 Å². The lowest BCUT2D eigenvalue weighted by atomic mass is 9.84. The molecule has 2 aliphatic rings. The Morgan fingerprint density at radius 2 is 1.76 bits per heavy atom. The third-order valence-corrected chi connectivity index (χ3v) is 6.00.